The number of carbonyl (C=O) groups is 1. The molecule has 0 radical (unpaired) electrons. The Morgan fingerprint density at radius 1 is 1.14 bits per heavy atom. The monoisotopic (exact) mass is 302 g/mol. The number of non-ortho nitro benzene ring substituents is 1. The minimum atomic E-state index is -0.536. The SMILES string of the molecule is O=C(c1cc([N+](=O)[O-])ccc1Cl)N1Cc2ccccc2C1. The molecular weight excluding hydrogens is 292 g/mol. The Balaban J connectivity index is 1.90. The Morgan fingerprint density at radius 2 is 1.76 bits per heavy atom. The number of nitro groups is 1. The fraction of sp³-hybridized carbons (Fsp3) is 0.133. The summed E-state index contributed by atoms with van der Waals surface area (Å²) in [6.45, 7) is 0.988. The zero-order valence-electron chi connectivity index (χ0n) is 11.0. The van der Waals surface area contributed by atoms with Crippen LogP contribution in [0.5, 0.6) is 0 Å². The standard InChI is InChI=1S/C15H11ClN2O3/c16-14-6-5-12(18(20)21)7-13(14)15(19)17-8-10-3-1-2-4-11(10)9-17/h1-7H,8-9H2. The zero-order chi connectivity index (χ0) is 15.0. The van der Waals surface area contributed by atoms with Crippen LogP contribution in [0.3, 0.4) is 0 Å². The molecule has 0 spiro atoms. The highest BCUT2D eigenvalue weighted by Crippen LogP contribution is 2.28. The van der Waals surface area contributed by atoms with Crippen LogP contribution in [0.15, 0.2) is 42.5 Å². The minimum Gasteiger partial charge on any atom is -0.330 e. The van der Waals surface area contributed by atoms with Crippen LogP contribution in [-0.2, 0) is 13.1 Å². The summed E-state index contributed by atoms with van der Waals surface area (Å²) in [4.78, 5) is 24.5. The quantitative estimate of drug-likeness (QED) is 0.631. The molecule has 2 aromatic rings. The predicted molar refractivity (Wildman–Crippen MR) is 78.1 cm³/mol. The third kappa shape index (κ3) is 2.48. The summed E-state index contributed by atoms with van der Waals surface area (Å²) in [6, 6.07) is 11.7. The molecule has 0 unspecified atom stereocenters. The summed E-state index contributed by atoms with van der Waals surface area (Å²) in [5, 5.41) is 11.0. The van der Waals surface area contributed by atoms with Crippen molar-refractivity contribution >= 4 is 23.2 Å². The molecule has 1 aliphatic rings. The third-order valence-electron chi connectivity index (χ3n) is 3.52. The summed E-state index contributed by atoms with van der Waals surface area (Å²) in [7, 11) is 0. The minimum absolute atomic E-state index is 0.139. The molecule has 0 aliphatic carbocycles. The smallest absolute Gasteiger partial charge is 0.270 e. The molecule has 106 valence electrons. The first-order valence-corrected chi connectivity index (χ1v) is 6.74. The van der Waals surface area contributed by atoms with Gasteiger partial charge < -0.3 is 4.90 Å². The van der Waals surface area contributed by atoms with Crippen molar-refractivity contribution in [3.05, 3.63) is 74.3 Å². The summed E-state index contributed by atoms with van der Waals surface area (Å²) >= 11 is 6.02. The van der Waals surface area contributed by atoms with Gasteiger partial charge in [0.25, 0.3) is 11.6 Å². The van der Waals surface area contributed by atoms with E-state index in [-0.39, 0.29) is 22.2 Å². The molecule has 2 aromatic carbocycles. The van der Waals surface area contributed by atoms with E-state index in [1.165, 1.54) is 18.2 Å². The molecule has 1 heterocycles. The van der Waals surface area contributed by atoms with Crippen molar-refractivity contribution < 1.29 is 9.72 Å². The first kappa shape index (κ1) is 13.6. The fourth-order valence-electron chi connectivity index (χ4n) is 2.44. The van der Waals surface area contributed by atoms with Gasteiger partial charge in [-0.3, -0.25) is 14.9 Å². The molecule has 1 aliphatic heterocycles. The number of hydrogen-bond donors (Lipinski definition) is 0. The first-order chi connectivity index (χ1) is 10.1. The van der Waals surface area contributed by atoms with Crippen molar-refractivity contribution in [2.75, 3.05) is 0 Å². The molecule has 0 aromatic heterocycles. The topological polar surface area (TPSA) is 63.4 Å². The van der Waals surface area contributed by atoms with Crippen LogP contribution in [0.25, 0.3) is 0 Å². The van der Waals surface area contributed by atoms with E-state index in [1.807, 2.05) is 24.3 Å². The number of nitrogens with zero attached hydrogens (tertiary/aromatic N) is 2. The van der Waals surface area contributed by atoms with Crippen LogP contribution in [0.4, 0.5) is 5.69 Å². The Bertz CT molecular complexity index is 720. The average Bonchev–Trinajstić information content (AvgIpc) is 2.90. The number of nitro benzene ring substituents is 1. The van der Waals surface area contributed by atoms with Gasteiger partial charge in [-0.25, -0.2) is 0 Å². The van der Waals surface area contributed by atoms with Gasteiger partial charge in [0.1, 0.15) is 0 Å². The van der Waals surface area contributed by atoms with E-state index >= 15 is 0 Å². The molecule has 0 fully saturated rings. The maximum atomic E-state index is 12.5. The lowest BCUT2D eigenvalue weighted by Gasteiger charge is -2.16. The van der Waals surface area contributed by atoms with Gasteiger partial charge >= 0.3 is 0 Å². The maximum absolute atomic E-state index is 12.5. The third-order valence-corrected chi connectivity index (χ3v) is 3.85. The lowest BCUT2D eigenvalue weighted by atomic mass is 10.1. The van der Waals surface area contributed by atoms with Gasteiger partial charge in [0.2, 0.25) is 0 Å². The number of carbonyl (C=O) groups excluding carboxylic acids is 1. The van der Waals surface area contributed by atoms with Crippen LogP contribution in [0.2, 0.25) is 5.02 Å². The Kier molecular flexibility index (Phi) is 3.35. The van der Waals surface area contributed by atoms with Crippen molar-refractivity contribution in [3.63, 3.8) is 0 Å². The van der Waals surface area contributed by atoms with Gasteiger partial charge in [-0.15, -0.1) is 0 Å². The number of fused-ring (bicyclic) bond motifs is 1. The molecule has 0 atom stereocenters. The molecule has 0 saturated carbocycles. The van der Waals surface area contributed by atoms with Crippen LogP contribution < -0.4 is 0 Å². The van der Waals surface area contributed by atoms with Gasteiger partial charge in [-0.05, 0) is 17.2 Å². The Morgan fingerprint density at radius 3 is 2.33 bits per heavy atom. The van der Waals surface area contributed by atoms with E-state index in [4.69, 9.17) is 11.6 Å². The lowest BCUT2D eigenvalue weighted by Crippen LogP contribution is -2.25. The predicted octanol–water partition coefficient (Wildman–Crippen LogP) is 3.40. The van der Waals surface area contributed by atoms with Crippen molar-refractivity contribution in [2.45, 2.75) is 13.1 Å². The van der Waals surface area contributed by atoms with Crippen LogP contribution in [0.1, 0.15) is 21.5 Å². The van der Waals surface area contributed by atoms with Crippen molar-refractivity contribution in [3.8, 4) is 0 Å². The van der Waals surface area contributed by atoms with Crippen LogP contribution in [0, 0.1) is 10.1 Å². The van der Waals surface area contributed by atoms with E-state index in [9.17, 15) is 14.9 Å². The van der Waals surface area contributed by atoms with E-state index in [0.717, 1.165) is 11.1 Å². The molecule has 5 nitrogen and oxygen atoms in total. The molecule has 1 amide bonds. The normalized spacial score (nSPS) is 13.1. The maximum Gasteiger partial charge on any atom is 0.270 e. The van der Waals surface area contributed by atoms with Crippen molar-refractivity contribution in [1.29, 1.82) is 0 Å². The second-order valence-corrected chi connectivity index (χ2v) is 5.26. The summed E-state index contributed by atoms with van der Waals surface area (Å²) in [5.74, 6) is -0.292. The van der Waals surface area contributed by atoms with E-state index < -0.39 is 4.92 Å². The second kappa shape index (κ2) is 5.18. The lowest BCUT2D eigenvalue weighted by molar-refractivity contribution is -0.384. The van der Waals surface area contributed by atoms with E-state index in [1.54, 1.807) is 4.90 Å². The largest absolute Gasteiger partial charge is 0.330 e. The molecule has 3 rings (SSSR count). The average molecular weight is 303 g/mol. The van der Waals surface area contributed by atoms with E-state index in [2.05, 4.69) is 0 Å². The van der Waals surface area contributed by atoms with Crippen LogP contribution in [-0.4, -0.2) is 15.7 Å². The Hall–Kier alpha value is -2.40. The fourth-order valence-corrected chi connectivity index (χ4v) is 2.64. The molecule has 6 heteroatoms. The summed E-state index contributed by atoms with van der Waals surface area (Å²) in [5.41, 5.74) is 2.21. The van der Waals surface area contributed by atoms with Gasteiger partial charge in [0, 0.05) is 25.2 Å². The van der Waals surface area contributed by atoms with E-state index in [0.29, 0.717) is 13.1 Å². The number of amides is 1. The number of halogens is 1. The van der Waals surface area contributed by atoms with Gasteiger partial charge in [-0.2, -0.15) is 0 Å². The highest BCUT2D eigenvalue weighted by molar-refractivity contribution is 6.33. The molecule has 0 bridgehead atoms. The first-order valence-electron chi connectivity index (χ1n) is 6.36. The molecular formula is C15H11ClN2O3. The van der Waals surface area contributed by atoms with Crippen molar-refractivity contribution in [2.24, 2.45) is 0 Å². The number of rotatable bonds is 2. The van der Waals surface area contributed by atoms with Gasteiger partial charge in [0.15, 0.2) is 0 Å². The molecule has 21 heavy (non-hydrogen) atoms. The highest BCUT2D eigenvalue weighted by atomic mass is 35.5. The van der Waals surface area contributed by atoms with Gasteiger partial charge in [-0.1, -0.05) is 35.9 Å². The summed E-state index contributed by atoms with van der Waals surface area (Å²) in [6.07, 6.45) is 0. The molecule has 0 N–H and O–H groups in total. The summed E-state index contributed by atoms with van der Waals surface area (Å²) < 4.78 is 0. The highest BCUT2D eigenvalue weighted by Gasteiger charge is 2.26. The zero-order valence-corrected chi connectivity index (χ0v) is 11.7. The second-order valence-electron chi connectivity index (χ2n) is 4.85. The molecule has 0 saturated heterocycles. The Labute approximate surface area is 125 Å². The number of hydrogen-bond acceptors (Lipinski definition) is 3. The van der Waals surface area contributed by atoms with Crippen molar-refractivity contribution in [1.82, 2.24) is 4.90 Å². The number of benzene rings is 2. The van der Waals surface area contributed by atoms with Gasteiger partial charge in [0.05, 0.1) is 15.5 Å². The van der Waals surface area contributed by atoms with Crippen LogP contribution >= 0.6 is 11.6 Å².